The van der Waals surface area contributed by atoms with Crippen LogP contribution in [0, 0.1) is 0 Å². The van der Waals surface area contributed by atoms with Gasteiger partial charge in [0.25, 0.3) is 0 Å². The van der Waals surface area contributed by atoms with Gasteiger partial charge in [-0.15, -0.1) is 0 Å². The molecule has 102 valence electrons. The van der Waals surface area contributed by atoms with E-state index in [0.717, 1.165) is 25.1 Å². The molecule has 3 rings (SSSR count). The third-order valence-electron chi connectivity index (χ3n) is 3.20. The van der Waals surface area contributed by atoms with Gasteiger partial charge in [-0.1, -0.05) is 0 Å². The summed E-state index contributed by atoms with van der Waals surface area (Å²) in [6.45, 7) is 0.436. The van der Waals surface area contributed by atoms with Gasteiger partial charge in [-0.05, 0) is 19.3 Å². The Balaban J connectivity index is 1.43. The van der Waals surface area contributed by atoms with Crippen molar-refractivity contribution in [3.8, 4) is 0 Å². The second kappa shape index (κ2) is 5.12. The SMILES string of the molecule is O=C1CC[C@@H](CNC(=O)Nc2nc(C3CC3)ns2)N1. The molecular weight excluding hydrogens is 266 g/mol. The minimum atomic E-state index is -0.306. The monoisotopic (exact) mass is 281 g/mol. The molecule has 7 nitrogen and oxygen atoms in total. The van der Waals surface area contributed by atoms with Crippen LogP contribution in [-0.2, 0) is 4.79 Å². The Morgan fingerprint density at radius 1 is 1.42 bits per heavy atom. The number of hydrogen-bond acceptors (Lipinski definition) is 5. The van der Waals surface area contributed by atoms with Crippen LogP contribution in [0.4, 0.5) is 9.93 Å². The first-order chi connectivity index (χ1) is 9.20. The minimum Gasteiger partial charge on any atom is -0.352 e. The van der Waals surface area contributed by atoms with Crippen LogP contribution in [-0.4, -0.2) is 33.9 Å². The summed E-state index contributed by atoms with van der Waals surface area (Å²) in [4.78, 5) is 26.9. The summed E-state index contributed by atoms with van der Waals surface area (Å²) in [5, 5.41) is 8.70. The van der Waals surface area contributed by atoms with Gasteiger partial charge < -0.3 is 10.6 Å². The van der Waals surface area contributed by atoms with E-state index in [1.807, 2.05) is 0 Å². The average molecular weight is 281 g/mol. The van der Waals surface area contributed by atoms with E-state index in [1.165, 1.54) is 11.5 Å². The molecule has 3 N–H and O–H groups in total. The molecule has 1 aliphatic carbocycles. The molecule has 0 spiro atoms. The Kier molecular flexibility index (Phi) is 3.33. The van der Waals surface area contributed by atoms with Gasteiger partial charge in [-0.3, -0.25) is 10.1 Å². The molecule has 0 bridgehead atoms. The molecule has 1 aliphatic heterocycles. The zero-order valence-corrected chi connectivity index (χ0v) is 11.1. The van der Waals surface area contributed by atoms with Crippen LogP contribution in [0.25, 0.3) is 0 Å². The minimum absolute atomic E-state index is 0.0368. The van der Waals surface area contributed by atoms with E-state index < -0.39 is 0 Å². The number of aromatic nitrogens is 2. The Morgan fingerprint density at radius 2 is 2.26 bits per heavy atom. The predicted octanol–water partition coefficient (Wildman–Crippen LogP) is 0.816. The lowest BCUT2D eigenvalue weighted by molar-refractivity contribution is -0.119. The highest BCUT2D eigenvalue weighted by molar-refractivity contribution is 7.09. The van der Waals surface area contributed by atoms with E-state index in [9.17, 15) is 9.59 Å². The molecule has 1 atom stereocenters. The Hall–Kier alpha value is -1.70. The molecule has 1 aromatic heterocycles. The van der Waals surface area contributed by atoms with Crippen LogP contribution in [0.3, 0.4) is 0 Å². The van der Waals surface area contributed by atoms with Crippen LogP contribution in [0.2, 0.25) is 0 Å². The largest absolute Gasteiger partial charge is 0.352 e. The van der Waals surface area contributed by atoms with Crippen molar-refractivity contribution < 1.29 is 9.59 Å². The smallest absolute Gasteiger partial charge is 0.321 e. The summed E-state index contributed by atoms with van der Waals surface area (Å²) in [5.41, 5.74) is 0. The third kappa shape index (κ3) is 3.19. The van der Waals surface area contributed by atoms with Gasteiger partial charge in [0.05, 0.1) is 0 Å². The highest BCUT2D eigenvalue weighted by Crippen LogP contribution is 2.39. The molecule has 1 aromatic rings. The third-order valence-corrected chi connectivity index (χ3v) is 3.84. The molecule has 2 heterocycles. The number of amides is 3. The van der Waals surface area contributed by atoms with E-state index in [4.69, 9.17) is 0 Å². The van der Waals surface area contributed by atoms with Gasteiger partial charge in [0.1, 0.15) is 5.82 Å². The summed E-state index contributed by atoms with van der Waals surface area (Å²) >= 11 is 1.20. The Labute approximate surface area is 114 Å². The van der Waals surface area contributed by atoms with Crippen molar-refractivity contribution in [2.24, 2.45) is 0 Å². The van der Waals surface area contributed by atoms with E-state index in [-0.39, 0.29) is 18.0 Å². The molecule has 1 saturated heterocycles. The lowest BCUT2D eigenvalue weighted by Gasteiger charge is -2.10. The maximum Gasteiger partial charge on any atom is 0.321 e. The van der Waals surface area contributed by atoms with Crippen molar-refractivity contribution in [3.05, 3.63) is 5.82 Å². The number of anilines is 1. The van der Waals surface area contributed by atoms with Crippen molar-refractivity contribution in [1.82, 2.24) is 20.0 Å². The fourth-order valence-corrected chi connectivity index (χ4v) is 2.62. The Bertz CT molecular complexity index is 499. The topological polar surface area (TPSA) is 96.0 Å². The first-order valence-electron chi connectivity index (χ1n) is 6.38. The summed E-state index contributed by atoms with van der Waals surface area (Å²) in [5.74, 6) is 1.37. The number of carbonyl (C=O) groups excluding carboxylic acids is 2. The summed E-state index contributed by atoms with van der Waals surface area (Å²) < 4.78 is 4.21. The molecule has 1 saturated carbocycles. The van der Waals surface area contributed by atoms with Crippen molar-refractivity contribution in [2.75, 3.05) is 11.9 Å². The number of urea groups is 1. The quantitative estimate of drug-likeness (QED) is 0.761. The molecule has 3 amide bonds. The number of hydrogen-bond donors (Lipinski definition) is 3. The number of rotatable bonds is 4. The van der Waals surface area contributed by atoms with Crippen molar-refractivity contribution >= 4 is 28.6 Å². The summed E-state index contributed by atoms with van der Waals surface area (Å²) in [7, 11) is 0. The van der Waals surface area contributed by atoms with E-state index in [1.54, 1.807) is 0 Å². The van der Waals surface area contributed by atoms with Gasteiger partial charge in [-0.2, -0.15) is 4.37 Å². The maximum absolute atomic E-state index is 11.6. The molecule has 2 fully saturated rings. The lowest BCUT2D eigenvalue weighted by atomic mass is 10.2. The number of carbonyl (C=O) groups is 2. The normalized spacial score (nSPS) is 22.1. The average Bonchev–Trinajstić information content (AvgIpc) is 3.00. The lowest BCUT2D eigenvalue weighted by Crippen LogP contribution is -2.40. The second-order valence-electron chi connectivity index (χ2n) is 4.87. The molecule has 0 aromatic carbocycles. The molecular formula is C11H15N5O2S. The summed E-state index contributed by atoms with van der Waals surface area (Å²) in [6, 6.07) is -0.269. The van der Waals surface area contributed by atoms with E-state index in [0.29, 0.717) is 24.0 Å². The van der Waals surface area contributed by atoms with Crippen LogP contribution < -0.4 is 16.0 Å². The van der Waals surface area contributed by atoms with Crippen LogP contribution in [0.1, 0.15) is 37.4 Å². The van der Waals surface area contributed by atoms with Gasteiger partial charge >= 0.3 is 6.03 Å². The predicted molar refractivity (Wildman–Crippen MR) is 70.1 cm³/mol. The van der Waals surface area contributed by atoms with Gasteiger partial charge in [0, 0.05) is 36.5 Å². The van der Waals surface area contributed by atoms with Crippen molar-refractivity contribution in [3.63, 3.8) is 0 Å². The van der Waals surface area contributed by atoms with E-state index in [2.05, 4.69) is 25.3 Å². The number of nitrogens with zero attached hydrogens (tertiary/aromatic N) is 2. The van der Waals surface area contributed by atoms with Gasteiger partial charge in [0.15, 0.2) is 0 Å². The molecule has 19 heavy (non-hydrogen) atoms. The maximum atomic E-state index is 11.6. The van der Waals surface area contributed by atoms with Gasteiger partial charge in [0.2, 0.25) is 11.0 Å². The molecule has 2 aliphatic rings. The summed E-state index contributed by atoms with van der Waals surface area (Å²) in [6.07, 6.45) is 3.59. The van der Waals surface area contributed by atoms with E-state index >= 15 is 0 Å². The van der Waals surface area contributed by atoms with Gasteiger partial charge in [-0.25, -0.2) is 9.78 Å². The molecule has 0 unspecified atom stereocenters. The first kappa shape index (κ1) is 12.3. The first-order valence-corrected chi connectivity index (χ1v) is 7.16. The fourth-order valence-electron chi connectivity index (χ4n) is 1.98. The number of nitrogens with one attached hydrogen (secondary N) is 3. The fraction of sp³-hybridized carbons (Fsp3) is 0.636. The van der Waals surface area contributed by atoms with Crippen LogP contribution in [0.15, 0.2) is 0 Å². The second-order valence-corrected chi connectivity index (χ2v) is 5.62. The molecule has 0 radical (unpaired) electrons. The van der Waals surface area contributed by atoms with Crippen molar-refractivity contribution in [1.29, 1.82) is 0 Å². The van der Waals surface area contributed by atoms with Crippen molar-refractivity contribution in [2.45, 2.75) is 37.6 Å². The highest BCUT2D eigenvalue weighted by atomic mass is 32.1. The Morgan fingerprint density at radius 3 is 2.95 bits per heavy atom. The zero-order chi connectivity index (χ0) is 13.2. The van der Waals surface area contributed by atoms with Crippen LogP contribution in [0.5, 0.6) is 0 Å². The standard InChI is InChI=1S/C11H15N5O2S/c17-8-4-3-7(13-8)5-12-10(18)15-11-14-9(16-19-11)6-1-2-6/h6-7H,1-5H2,(H,13,17)(H2,12,14,15,16,18)/t7-/m0/s1. The molecule has 8 heteroatoms. The zero-order valence-electron chi connectivity index (χ0n) is 10.3. The van der Waals surface area contributed by atoms with Crippen LogP contribution >= 0.6 is 11.5 Å². The highest BCUT2D eigenvalue weighted by Gasteiger charge is 2.28.